The third-order valence-electron chi connectivity index (χ3n) is 2.33. The van der Waals surface area contributed by atoms with Crippen molar-refractivity contribution >= 4 is 55.4 Å². The van der Waals surface area contributed by atoms with Gasteiger partial charge in [0.05, 0.1) is 22.3 Å². The summed E-state index contributed by atoms with van der Waals surface area (Å²) in [6, 6.07) is 6.86. The molecule has 96 valence electrons. The zero-order valence-electron chi connectivity index (χ0n) is 9.30. The summed E-state index contributed by atoms with van der Waals surface area (Å²) in [5.74, 6) is 0. The van der Waals surface area contributed by atoms with E-state index in [2.05, 4.69) is 0 Å². The molecule has 1 rings (SSSR count). The summed E-state index contributed by atoms with van der Waals surface area (Å²) < 4.78 is -0.827. The molecule has 0 N–H and O–H groups in total. The van der Waals surface area contributed by atoms with Crippen LogP contribution in [0.1, 0.15) is 22.3 Å². The Morgan fingerprint density at radius 3 is 0.850 bits per heavy atom. The van der Waals surface area contributed by atoms with Gasteiger partial charge in [0.15, 0.2) is 0 Å². The third-order valence-corrected chi connectivity index (χ3v) is 3.08. The van der Waals surface area contributed by atoms with Crippen LogP contribution < -0.4 is 10.4 Å². The summed E-state index contributed by atoms with van der Waals surface area (Å²) in [4.78, 5) is 0. The van der Waals surface area contributed by atoms with Crippen molar-refractivity contribution in [3.05, 3.63) is 32.7 Å². The number of benzene rings is 1. The molecule has 0 aromatic heterocycles. The van der Waals surface area contributed by atoms with Gasteiger partial charge in [-0.25, -0.2) is 0 Å². The molecule has 20 heavy (non-hydrogen) atoms. The van der Waals surface area contributed by atoms with Gasteiger partial charge in [-0.15, -0.1) is 0 Å². The molecule has 0 spiro atoms. The second kappa shape index (κ2) is 6.49. The van der Waals surface area contributed by atoms with E-state index in [1.807, 2.05) is 0 Å². The first-order valence-corrected chi connectivity index (χ1v) is 6.16. The Kier molecular flexibility index (Phi) is 5.24. The van der Waals surface area contributed by atoms with Gasteiger partial charge in [-0.05, 0) is 0 Å². The minimum absolute atomic E-state index is 0.190. The third kappa shape index (κ3) is 2.52. The van der Waals surface area contributed by atoms with Gasteiger partial charge in [0.1, 0.15) is 33.3 Å². The molecular weight excluding hydrogens is 342 g/mol. The molecule has 0 amide bonds. The maximum Gasteiger partial charge on any atom is 0.116 e. The fourth-order valence-electron chi connectivity index (χ4n) is 1.58. The Hall–Kier alpha value is -1.92. The van der Waals surface area contributed by atoms with Crippen LogP contribution in [-0.4, -0.2) is 0 Å². The Balaban J connectivity index is 4.57. The zero-order valence-corrected chi connectivity index (χ0v) is 12.3. The topological polar surface area (TPSA) is 95.2 Å². The lowest BCUT2D eigenvalue weighted by Crippen LogP contribution is -2.27. The summed E-state index contributed by atoms with van der Waals surface area (Å²) in [6.45, 7) is 0. The minimum atomic E-state index is -0.414. The average Bonchev–Trinajstić information content (AvgIpc) is 2.42. The Morgan fingerprint density at radius 1 is 0.550 bits per heavy atom. The van der Waals surface area contributed by atoms with Crippen LogP contribution >= 0.6 is 46.4 Å². The highest BCUT2D eigenvalue weighted by molar-refractivity contribution is 6.74. The van der Waals surface area contributed by atoms with Crippen molar-refractivity contribution in [3.8, 4) is 24.3 Å². The number of hydrogen-bond donors (Lipinski definition) is 0. The first-order valence-electron chi connectivity index (χ1n) is 4.65. The lowest BCUT2D eigenvalue weighted by Gasteiger charge is -2.05. The molecule has 0 radical (unpaired) electrons. The SMILES string of the molecule is N#Cc1c(C#N)c(=C(Cl)Cl)c(C#N)c(C#N)c1=C(Cl)Cl. The van der Waals surface area contributed by atoms with Crippen molar-refractivity contribution in [1.82, 2.24) is 0 Å². The van der Waals surface area contributed by atoms with Crippen LogP contribution in [0.4, 0.5) is 0 Å². The van der Waals surface area contributed by atoms with Crippen LogP contribution in [0.3, 0.4) is 0 Å². The standard InChI is InChI=1S/C12Cl4N4/c13-11(14)9-5(1-17)6(2-18)10(12(15)16)8(4-20)7(9)3-19. The first-order chi connectivity index (χ1) is 9.44. The molecule has 0 unspecified atom stereocenters. The largest absolute Gasteiger partial charge is 0.192 e. The molecule has 1 aromatic rings. The fourth-order valence-corrected chi connectivity index (χ4v) is 2.33. The summed E-state index contributed by atoms with van der Waals surface area (Å²) in [5, 5.41) is 36.2. The molecule has 0 saturated heterocycles. The van der Waals surface area contributed by atoms with Gasteiger partial charge in [0.2, 0.25) is 0 Å². The van der Waals surface area contributed by atoms with Crippen molar-refractivity contribution in [2.24, 2.45) is 0 Å². The average molecular weight is 342 g/mol. The minimum Gasteiger partial charge on any atom is -0.192 e. The van der Waals surface area contributed by atoms with Crippen LogP contribution in [0.15, 0.2) is 0 Å². The smallest absolute Gasteiger partial charge is 0.116 e. The van der Waals surface area contributed by atoms with E-state index < -0.39 is 8.98 Å². The monoisotopic (exact) mass is 340 g/mol. The van der Waals surface area contributed by atoms with Gasteiger partial charge in [-0.1, -0.05) is 46.4 Å². The van der Waals surface area contributed by atoms with E-state index in [-0.39, 0.29) is 32.7 Å². The number of rotatable bonds is 0. The molecule has 0 bridgehead atoms. The van der Waals surface area contributed by atoms with Gasteiger partial charge in [0, 0.05) is 10.4 Å². The van der Waals surface area contributed by atoms with Gasteiger partial charge >= 0.3 is 0 Å². The van der Waals surface area contributed by atoms with Crippen molar-refractivity contribution < 1.29 is 0 Å². The van der Waals surface area contributed by atoms with E-state index in [0.29, 0.717) is 0 Å². The molecule has 0 aliphatic rings. The molecular formula is C12Cl4N4. The molecule has 0 aliphatic heterocycles. The van der Waals surface area contributed by atoms with Gasteiger partial charge in [-0.3, -0.25) is 0 Å². The number of halogens is 4. The fraction of sp³-hybridized carbons (Fsp3) is 0. The molecule has 1 aromatic carbocycles. The van der Waals surface area contributed by atoms with Crippen LogP contribution in [0.25, 0.3) is 8.98 Å². The van der Waals surface area contributed by atoms with E-state index in [9.17, 15) is 0 Å². The maximum atomic E-state index is 9.15. The molecule has 0 saturated carbocycles. The highest BCUT2D eigenvalue weighted by Crippen LogP contribution is 2.15. The van der Waals surface area contributed by atoms with Crippen LogP contribution in [0.2, 0.25) is 0 Å². The predicted octanol–water partition coefficient (Wildman–Crippen LogP) is 2.26. The normalized spacial score (nSPS) is 8.80. The molecule has 4 nitrogen and oxygen atoms in total. The molecule has 0 fully saturated rings. The number of nitriles is 4. The van der Waals surface area contributed by atoms with Gasteiger partial charge in [-0.2, -0.15) is 21.0 Å². The van der Waals surface area contributed by atoms with Crippen LogP contribution in [0.5, 0.6) is 0 Å². The van der Waals surface area contributed by atoms with Crippen molar-refractivity contribution in [2.45, 2.75) is 0 Å². The number of nitrogens with zero attached hydrogens (tertiary/aromatic N) is 4. The lowest BCUT2D eigenvalue weighted by atomic mass is 9.95. The summed E-state index contributed by atoms with van der Waals surface area (Å²) in [7, 11) is 0. The Morgan fingerprint density at radius 2 is 0.750 bits per heavy atom. The molecule has 0 atom stereocenters. The Bertz CT molecular complexity index is 746. The van der Waals surface area contributed by atoms with Gasteiger partial charge in [0.25, 0.3) is 0 Å². The van der Waals surface area contributed by atoms with E-state index in [0.717, 1.165) is 0 Å². The number of hydrogen-bond acceptors (Lipinski definition) is 4. The second-order valence-electron chi connectivity index (χ2n) is 3.22. The summed E-state index contributed by atoms with van der Waals surface area (Å²) in [5.41, 5.74) is -1.07. The van der Waals surface area contributed by atoms with E-state index in [1.165, 1.54) is 0 Å². The highest BCUT2D eigenvalue weighted by atomic mass is 35.5. The molecule has 0 aliphatic carbocycles. The molecule has 0 heterocycles. The quantitative estimate of drug-likeness (QED) is 0.723. The van der Waals surface area contributed by atoms with Crippen molar-refractivity contribution in [2.75, 3.05) is 0 Å². The first kappa shape index (κ1) is 16.1. The van der Waals surface area contributed by atoms with Gasteiger partial charge < -0.3 is 0 Å². The second-order valence-corrected chi connectivity index (χ2v) is 5.12. The Labute approximate surface area is 133 Å². The summed E-state index contributed by atoms with van der Waals surface area (Å²) >= 11 is 22.6. The maximum absolute atomic E-state index is 9.15. The predicted molar refractivity (Wildman–Crippen MR) is 74.8 cm³/mol. The lowest BCUT2D eigenvalue weighted by molar-refractivity contribution is 1.31. The van der Waals surface area contributed by atoms with E-state index in [4.69, 9.17) is 67.5 Å². The molecule has 8 heteroatoms. The van der Waals surface area contributed by atoms with Crippen LogP contribution in [-0.2, 0) is 0 Å². The van der Waals surface area contributed by atoms with E-state index >= 15 is 0 Å². The zero-order chi connectivity index (χ0) is 15.4. The summed E-state index contributed by atoms with van der Waals surface area (Å²) in [6.07, 6.45) is 0. The van der Waals surface area contributed by atoms with Crippen molar-refractivity contribution in [1.29, 1.82) is 21.0 Å². The van der Waals surface area contributed by atoms with Crippen LogP contribution in [0, 0.1) is 45.3 Å². The van der Waals surface area contributed by atoms with Crippen molar-refractivity contribution in [3.63, 3.8) is 0 Å². The highest BCUT2D eigenvalue weighted by Gasteiger charge is 2.20. The van der Waals surface area contributed by atoms with E-state index in [1.54, 1.807) is 24.3 Å².